The van der Waals surface area contributed by atoms with Gasteiger partial charge in [0.25, 0.3) is 0 Å². The number of carboxylic acid groups (broad SMARTS) is 1. The van der Waals surface area contributed by atoms with Crippen molar-refractivity contribution in [1.82, 2.24) is 0 Å². The molecular formula is C12H15NO5S. The Labute approximate surface area is 111 Å². The Bertz CT molecular complexity index is 607. The van der Waals surface area contributed by atoms with Gasteiger partial charge in [-0.3, -0.25) is 0 Å². The first-order valence-electron chi connectivity index (χ1n) is 5.39. The van der Waals surface area contributed by atoms with E-state index in [-0.39, 0.29) is 22.8 Å². The molecule has 1 aromatic rings. The minimum absolute atomic E-state index is 0.0359. The van der Waals surface area contributed by atoms with Gasteiger partial charge in [0.15, 0.2) is 0 Å². The van der Waals surface area contributed by atoms with Crippen LogP contribution in [0, 0.1) is 0 Å². The zero-order chi connectivity index (χ0) is 14.6. The Balaban J connectivity index is 3.10. The molecule has 0 amide bonds. The van der Waals surface area contributed by atoms with Crippen LogP contribution in [-0.2, 0) is 10.0 Å². The molecule has 6 nitrogen and oxygen atoms in total. The molecule has 1 aromatic carbocycles. The summed E-state index contributed by atoms with van der Waals surface area (Å²) >= 11 is 0. The number of hydrogen-bond acceptors (Lipinski definition) is 4. The summed E-state index contributed by atoms with van der Waals surface area (Å²) < 4.78 is 28.1. The average molecular weight is 285 g/mol. The van der Waals surface area contributed by atoms with Gasteiger partial charge in [0.05, 0.1) is 12.2 Å². The van der Waals surface area contributed by atoms with Gasteiger partial charge in [0.2, 0.25) is 10.0 Å². The molecule has 0 saturated heterocycles. The lowest BCUT2D eigenvalue weighted by atomic mass is 10.2. The SMILES string of the molecule is C=C(C)CCOc1ccc(C(=O)O)cc1S(N)(=O)=O. The van der Waals surface area contributed by atoms with Gasteiger partial charge in [-0.05, 0) is 25.1 Å². The predicted molar refractivity (Wildman–Crippen MR) is 69.7 cm³/mol. The van der Waals surface area contributed by atoms with Crippen LogP contribution in [0.1, 0.15) is 23.7 Å². The lowest BCUT2D eigenvalue weighted by Gasteiger charge is -2.10. The molecule has 1 rings (SSSR count). The average Bonchev–Trinajstić information content (AvgIpc) is 2.27. The van der Waals surface area contributed by atoms with Crippen molar-refractivity contribution in [3.63, 3.8) is 0 Å². The molecule has 0 heterocycles. The van der Waals surface area contributed by atoms with Crippen molar-refractivity contribution in [3.8, 4) is 5.75 Å². The number of nitrogens with two attached hydrogens (primary N) is 1. The van der Waals surface area contributed by atoms with E-state index in [4.69, 9.17) is 15.0 Å². The Morgan fingerprint density at radius 3 is 2.58 bits per heavy atom. The van der Waals surface area contributed by atoms with E-state index in [1.54, 1.807) is 0 Å². The minimum Gasteiger partial charge on any atom is -0.492 e. The van der Waals surface area contributed by atoms with Gasteiger partial charge in [-0.15, -0.1) is 6.58 Å². The van der Waals surface area contributed by atoms with Crippen molar-refractivity contribution in [2.75, 3.05) is 6.61 Å². The lowest BCUT2D eigenvalue weighted by Crippen LogP contribution is -2.15. The van der Waals surface area contributed by atoms with E-state index in [1.807, 2.05) is 6.92 Å². The number of carboxylic acids is 1. The second-order valence-corrected chi connectivity index (χ2v) is 5.60. The Morgan fingerprint density at radius 1 is 1.47 bits per heavy atom. The number of carbonyl (C=O) groups is 1. The first-order valence-corrected chi connectivity index (χ1v) is 6.94. The molecule has 104 valence electrons. The molecule has 0 aliphatic carbocycles. The number of ether oxygens (including phenoxy) is 1. The third-order valence-corrected chi connectivity index (χ3v) is 3.22. The van der Waals surface area contributed by atoms with Crippen LogP contribution in [0.2, 0.25) is 0 Å². The molecule has 19 heavy (non-hydrogen) atoms. The molecule has 0 atom stereocenters. The molecule has 0 aromatic heterocycles. The number of hydrogen-bond donors (Lipinski definition) is 2. The minimum atomic E-state index is -4.05. The Kier molecular flexibility index (Phi) is 4.68. The first kappa shape index (κ1) is 15.2. The summed E-state index contributed by atoms with van der Waals surface area (Å²) in [4.78, 5) is 10.5. The lowest BCUT2D eigenvalue weighted by molar-refractivity contribution is 0.0696. The van der Waals surface area contributed by atoms with Crippen LogP contribution < -0.4 is 9.88 Å². The number of aromatic carboxylic acids is 1. The van der Waals surface area contributed by atoms with Crippen molar-refractivity contribution in [3.05, 3.63) is 35.9 Å². The van der Waals surface area contributed by atoms with Crippen LogP contribution in [0.15, 0.2) is 35.2 Å². The summed E-state index contributed by atoms with van der Waals surface area (Å²) in [6, 6.07) is 3.52. The van der Waals surface area contributed by atoms with Crippen molar-refractivity contribution < 1.29 is 23.1 Å². The van der Waals surface area contributed by atoms with E-state index in [2.05, 4.69) is 6.58 Å². The second-order valence-electron chi connectivity index (χ2n) is 4.07. The zero-order valence-corrected chi connectivity index (χ0v) is 11.2. The quantitative estimate of drug-likeness (QED) is 0.768. The fourth-order valence-corrected chi connectivity index (χ4v) is 2.02. The highest BCUT2D eigenvalue weighted by molar-refractivity contribution is 7.89. The third-order valence-electron chi connectivity index (χ3n) is 2.28. The molecular weight excluding hydrogens is 270 g/mol. The smallest absolute Gasteiger partial charge is 0.335 e. The van der Waals surface area contributed by atoms with E-state index >= 15 is 0 Å². The van der Waals surface area contributed by atoms with Crippen LogP contribution in [-0.4, -0.2) is 26.1 Å². The molecule has 0 unspecified atom stereocenters. The Morgan fingerprint density at radius 2 is 2.11 bits per heavy atom. The van der Waals surface area contributed by atoms with E-state index in [9.17, 15) is 13.2 Å². The number of primary sulfonamides is 1. The largest absolute Gasteiger partial charge is 0.492 e. The summed E-state index contributed by atoms with van der Waals surface area (Å²) in [7, 11) is -4.05. The van der Waals surface area contributed by atoms with Gasteiger partial charge in [-0.2, -0.15) is 0 Å². The summed E-state index contributed by atoms with van der Waals surface area (Å²) in [5, 5.41) is 13.9. The van der Waals surface area contributed by atoms with Crippen LogP contribution in [0.4, 0.5) is 0 Å². The van der Waals surface area contributed by atoms with Crippen molar-refractivity contribution in [1.29, 1.82) is 0 Å². The van der Waals surface area contributed by atoms with Gasteiger partial charge in [-0.25, -0.2) is 18.4 Å². The van der Waals surface area contributed by atoms with Crippen molar-refractivity contribution in [2.45, 2.75) is 18.2 Å². The Hall–Kier alpha value is -1.86. The van der Waals surface area contributed by atoms with E-state index in [0.717, 1.165) is 11.6 Å². The van der Waals surface area contributed by atoms with Gasteiger partial charge >= 0.3 is 5.97 Å². The first-order chi connectivity index (χ1) is 8.71. The molecule has 0 spiro atoms. The van der Waals surface area contributed by atoms with Crippen LogP contribution >= 0.6 is 0 Å². The van der Waals surface area contributed by atoms with E-state index < -0.39 is 16.0 Å². The summed E-state index contributed by atoms with van der Waals surface area (Å²) in [5.74, 6) is -1.20. The maximum absolute atomic E-state index is 11.4. The van der Waals surface area contributed by atoms with Crippen molar-refractivity contribution in [2.24, 2.45) is 5.14 Å². The standard InChI is InChI=1S/C12H15NO5S/c1-8(2)5-6-18-10-4-3-9(12(14)15)7-11(10)19(13,16)17/h3-4,7H,1,5-6H2,2H3,(H,14,15)(H2,13,16,17). The molecule has 0 bridgehead atoms. The van der Waals surface area contributed by atoms with E-state index in [0.29, 0.717) is 6.42 Å². The van der Waals surface area contributed by atoms with Gasteiger partial charge in [-0.1, -0.05) is 5.57 Å². The topological polar surface area (TPSA) is 107 Å². The van der Waals surface area contributed by atoms with Crippen LogP contribution in [0.25, 0.3) is 0 Å². The summed E-state index contributed by atoms with van der Waals surface area (Å²) in [6.07, 6.45) is 0.560. The highest BCUT2D eigenvalue weighted by atomic mass is 32.2. The normalized spacial score (nSPS) is 11.1. The second kappa shape index (κ2) is 5.85. The van der Waals surface area contributed by atoms with E-state index in [1.165, 1.54) is 12.1 Å². The summed E-state index contributed by atoms with van der Waals surface area (Å²) in [6.45, 7) is 5.75. The molecule has 0 aliphatic heterocycles. The maximum Gasteiger partial charge on any atom is 0.335 e. The number of benzene rings is 1. The molecule has 0 radical (unpaired) electrons. The fraction of sp³-hybridized carbons (Fsp3) is 0.250. The molecule has 0 saturated carbocycles. The number of sulfonamides is 1. The molecule has 3 N–H and O–H groups in total. The zero-order valence-electron chi connectivity index (χ0n) is 10.4. The fourth-order valence-electron chi connectivity index (χ4n) is 1.32. The highest BCUT2D eigenvalue weighted by Crippen LogP contribution is 2.24. The van der Waals surface area contributed by atoms with Gasteiger partial charge in [0.1, 0.15) is 10.6 Å². The molecule has 7 heteroatoms. The van der Waals surface area contributed by atoms with Crippen LogP contribution in [0.3, 0.4) is 0 Å². The maximum atomic E-state index is 11.4. The van der Waals surface area contributed by atoms with Gasteiger partial charge < -0.3 is 9.84 Å². The van der Waals surface area contributed by atoms with Gasteiger partial charge in [0, 0.05) is 6.42 Å². The molecule has 0 aliphatic rings. The highest BCUT2D eigenvalue weighted by Gasteiger charge is 2.18. The monoisotopic (exact) mass is 285 g/mol. The predicted octanol–water partition coefficient (Wildman–Crippen LogP) is 1.38. The van der Waals surface area contributed by atoms with Crippen molar-refractivity contribution >= 4 is 16.0 Å². The van der Waals surface area contributed by atoms with Crippen LogP contribution in [0.5, 0.6) is 5.75 Å². The number of rotatable bonds is 6. The third kappa shape index (κ3) is 4.38. The molecule has 0 fully saturated rings. The summed E-state index contributed by atoms with van der Waals surface area (Å²) in [5.41, 5.74) is 0.718.